The van der Waals surface area contributed by atoms with E-state index in [-0.39, 0.29) is 5.82 Å². The molecule has 96 valence electrons. The molecule has 0 radical (unpaired) electrons. The number of imidazole rings is 1. The molecule has 0 saturated heterocycles. The van der Waals surface area contributed by atoms with E-state index in [9.17, 15) is 4.39 Å². The summed E-state index contributed by atoms with van der Waals surface area (Å²) in [5, 5.41) is 0. The first-order valence-corrected chi connectivity index (χ1v) is 6.28. The number of aromatic nitrogens is 2. The van der Waals surface area contributed by atoms with Crippen LogP contribution in [0.25, 0.3) is 16.9 Å². The van der Waals surface area contributed by atoms with Crippen molar-refractivity contribution < 1.29 is 4.39 Å². The smallest absolute Gasteiger partial charge is 0.138 e. The number of fused-ring (bicyclic) bond motifs is 1. The lowest BCUT2D eigenvalue weighted by molar-refractivity contribution is 0.628. The van der Waals surface area contributed by atoms with Crippen molar-refractivity contribution in [1.29, 1.82) is 0 Å². The summed E-state index contributed by atoms with van der Waals surface area (Å²) in [5.74, 6) is -0.225. The van der Waals surface area contributed by atoms with Crippen molar-refractivity contribution in [3.8, 4) is 11.3 Å². The van der Waals surface area contributed by atoms with Crippen LogP contribution in [-0.4, -0.2) is 9.38 Å². The van der Waals surface area contributed by atoms with Gasteiger partial charge in [-0.05, 0) is 62.7 Å². The zero-order valence-corrected chi connectivity index (χ0v) is 11.2. The van der Waals surface area contributed by atoms with Gasteiger partial charge in [-0.25, -0.2) is 9.37 Å². The number of hydrogen-bond acceptors (Lipinski definition) is 1. The van der Waals surface area contributed by atoms with E-state index in [4.69, 9.17) is 0 Å². The van der Waals surface area contributed by atoms with Crippen LogP contribution in [0.15, 0.2) is 36.4 Å². The Morgan fingerprint density at radius 3 is 2.37 bits per heavy atom. The van der Waals surface area contributed by atoms with Gasteiger partial charge in [-0.3, -0.25) is 0 Å². The van der Waals surface area contributed by atoms with Crippen LogP contribution in [0.3, 0.4) is 0 Å². The highest BCUT2D eigenvalue weighted by Crippen LogP contribution is 2.25. The third-order valence-electron chi connectivity index (χ3n) is 3.40. The summed E-state index contributed by atoms with van der Waals surface area (Å²) >= 11 is 0. The van der Waals surface area contributed by atoms with Gasteiger partial charge in [0.2, 0.25) is 0 Å². The monoisotopic (exact) mass is 254 g/mol. The summed E-state index contributed by atoms with van der Waals surface area (Å²) in [5.41, 5.74) is 6.23. The molecule has 0 aliphatic heterocycles. The Labute approximate surface area is 111 Å². The first-order chi connectivity index (χ1) is 9.06. The highest BCUT2D eigenvalue weighted by Gasteiger charge is 2.12. The minimum atomic E-state index is -0.225. The van der Waals surface area contributed by atoms with Crippen LogP contribution in [0.1, 0.15) is 17.0 Å². The molecule has 19 heavy (non-hydrogen) atoms. The Hall–Kier alpha value is -2.16. The average Bonchev–Trinajstić information content (AvgIpc) is 2.67. The second-order valence-electron chi connectivity index (χ2n) is 4.92. The fourth-order valence-electron chi connectivity index (χ4n) is 2.59. The van der Waals surface area contributed by atoms with E-state index in [1.54, 1.807) is 12.1 Å². The van der Waals surface area contributed by atoms with Crippen molar-refractivity contribution in [2.45, 2.75) is 20.8 Å². The number of hydrogen-bond donors (Lipinski definition) is 0. The lowest BCUT2D eigenvalue weighted by atomic mass is 10.1. The van der Waals surface area contributed by atoms with Gasteiger partial charge in [0, 0.05) is 17.0 Å². The predicted octanol–water partition coefficient (Wildman–Crippen LogP) is 4.07. The number of benzene rings is 1. The Morgan fingerprint density at radius 2 is 1.68 bits per heavy atom. The van der Waals surface area contributed by atoms with E-state index in [0.717, 1.165) is 28.3 Å². The van der Waals surface area contributed by atoms with Gasteiger partial charge in [-0.2, -0.15) is 0 Å². The van der Waals surface area contributed by atoms with Gasteiger partial charge >= 0.3 is 0 Å². The molecule has 0 bridgehead atoms. The van der Waals surface area contributed by atoms with Crippen molar-refractivity contribution in [1.82, 2.24) is 9.38 Å². The minimum absolute atomic E-state index is 0.225. The molecule has 2 heterocycles. The van der Waals surface area contributed by atoms with Crippen molar-refractivity contribution >= 4 is 5.65 Å². The lowest BCUT2D eigenvalue weighted by Gasteiger charge is -2.04. The largest absolute Gasteiger partial charge is 0.301 e. The standard InChI is InChI=1S/C16H15FN2/c1-10-8-11(2)19-12(3)16(18-15(19)9-10)13-4-6-14(17)7-5-13/h4-9H,1-3H3. The maximum Gasteiger partial charge on any atom is 0.138 e. The van der Waals surface area contributed by atoms with Crippen LogP contribution in [0, 0.1) is 26.6 Å². The van der Waals surface area contributed by atoms with Crippen LogP contribution < -0.4 is 0 Å². The van der Waals surface area contributed by atoms with E-state index in [1.807, 2.05) is 6.92 Å². The van der Waals surface area contributed by atoms with Crippen molar-refractivity contribution in [3.63, 3.8) is 0 Å². The fourth-order valence-corrected chi connectivity index (χ4v) is 2.59. The van der Waals surface area contributed by atoms with Crippen LogP contribution >= 0.6 is 0 Å². The highest BCUT2D eigenvalue weighted by molar-refractivity contribution is 5.67. The van der Waals surface area contributed by atoms with Crippen LogP contribution in [0.4, 0.5) is 4.39 Å². The molecule has 0 N–H and O–H groups in total. The first kappa shape index (κ1) is 11.9. The number of nitrogens with zero attached hydrogens (tertiary/aromatic N) is 2. The molecule has 0 aliphatic rings. The summed E-state index contributed by atoms with van der Waals surface area (Å²) in [4.78, 5) is 4.67. The molecule has 0 aliphatic carbocycles. The minimum Gasteiger partial charge on any atom is -0.301 e. The van der Waals surface area contributed by atoms with E-state index in [1.165, 1.54) is 17.7 Å². The summed E-state index contributed by atoms with van der Waals surface area (Å²) in [6.07, 6.45) is 0. The number of aryl methyl sites for hydroxylation is 3. The van der Waals surface area contributed by atoms with Gasteiger partial charge < -0.3 is 4.40 Å². The summed E-state index contributed by atoms with van der Waals surface area (Å²) in [6.45, 7) is 6.18. The van der Waals surface area contributed by atoms with E-state index in [2.05, 4.69) is 35.4 Å². The van der Waals surface area contributed by atoms with Gasteiger partial charge in [0.05, 0.1) is 5.69 Å². The Bertz CT molecular complexity index is 755. The Balaban J connectivity index is 2.28. The number of halogens is 1. The SMILES string of the molecule is Cc1cc(C)n2c(C)c(-c3ccc(F)cc3)nc2c1. The molecule has 3 heteroatoms. The van der Waals surface area contributed by atoms with Crippen molar-refractivity contribution in [2.24, 2.45) is 0 Å². The zero-order chi connectivity index (χ0) is 13.6. The van der Waals surface area contributed by atoms with Crippen LogP contribution in [0.5, 0.6) is 0 Å². The summed E-state index contributed by atoms with van der Waals surface area (Å²) in [6, 6.07) is 10.7. The van der Waals surface area contributed by atoms with Gasteiger partial charge in [-0.15, -0.1) is 0 Å². The van der Waals surface area contributed by atoms with Crippen molar-refractivity contribution in [3.05, 3.63) is 59.2 Å². The van der Waals surface area contributed by atoms with Crippen LogP contribution in [0.2, 0.25) is 0 Å². The van der Waals surface area contributed by atoms with Gasteiger partial charge in [0.1, 0.15) is 11.5 Å². The predicted molar refractivity (Wildman–Crippen MR) is 74.8 cm³/mol. The van der Waals surface area contributed by atoms with Crippen molar-refractivity contribution in [2.75, 3.05) is 0 Å². The Morgan fingerprint density at radius 1 is 1.00 bits per heavy atom. The Kier molecular flexibility index (Phi) is 2.63. The maximum absolute atomic E-state index is 13.0. The summed E-state index contributed by atoms with van der Waals surface area (Å²) in [7, 11) is 0. The van der Waals surface area contributed by atoms with Crippen LogP contribution in [-0.2, 0) is 0 Å². The molecule has 0 unspecified atom stereocenters. The second-order valence-corrected chi connectivity index (χ2v) is 4.92. The average molecular weight is 254 g/mol. The quantitative estimate of drug-likeness (QED) is 0.640. The molecule has 2 aromatic heterocycles. The number of rotatable bonds is 1. The molecule has 3 rings (SSSR count). The molecular weight excluding hydrogens is 239 g/mol. The van der Waals surface area contributed by atoms with E-state index in [0.29, 0.717) is 0 Å². The third-order valence-corrected chi connectivity index (χ3v) is 3.40. The second kappa shape index (κ2) is 4.19. The zero-order valence-electron chi connectivity index (χ0n) is 11.2. The van der Waals surface area contributed by atoms with Gasteiger partial charge in [0.25, 0.3) is 0 Å². The first-order valence-electron chi connectivity index (χ1n) is 6.28. The molecule has 0 spiro atoms. The molecular formula is C16H15FN2. The van der Waals surface area contributed by atoms with E-state index < -0.39 is 0 Å². The molecule has 0 atom stereocenters. The molecule has 2 nitrogen and oxygen atoms in total. The third kappa shape index (κ3) is 1.91. The number of pyridine rings is 1. The van der Waals surface area contributed by atoms with E-state index >= 15 is 0 Å². The summed E-state index contributed by atoms with van der Waals surface area (Å²) < 4.78 is 15.1. The normalized spacial score (nSPS) is 11.2. The molecule has 0 fully saturated rings. The molecule has 3 aromatic rings. The highest BCUT2D eigenvalue weighted by atomic mass is 19.1. The topological polar surface area (TPSA) is 17.3 Å². The van der Waals surface area contributed by atoms with Gasteiger partial charge in [0.15, 0.2) is 0 Å². The molecule has 0 saturated carbocycles. The fraction of sp³-hybridized carbons (Fsp3) is 0.188. The van der Waals surface area contributed by atoms with Gasteiger partial charge in [-0.1, -0.05) is 0 Å². The molecule has 1 aromatic carbocycles. The lowest BCUT2D eigenvalue weighted by Crippen LogP contribution is -1.94. The molecule has 0 amide bonds. The maximum atomic E-state index is 13.0.